The first-order chi connectivity index (χ1) is 10.2. The SMILES string of the molecule is CCNc1cn2ccnc2c(NCc2cc(C)c(C)s2)n1. The Hall–Kier alpha value is -2.08. The molecule has 0 spiro atoms. The van der Waals surface area contributed by atoms with E-state index in [0.29, 0.717) is 0 Å². The minimum atomic E-state index is 0.768. The molecule has 3 heterocycles. The summed E-state index contributed by atoms with van der Waals surface area (Å²) in [5, 5.41) is 6.65. The van der Waals surface area contributed by atoms with Gasteiger partial charge in [-0.2, -0.15) is 0 Å². The third-order valence-corrected chi connectivity index (χ3v) is 4.53. The Balaban J connectivity index is 1.86. The van der Waals surface area contributed by atoms with E-state index in [-0.39, 0.29) is 0 Å². The molecule has 110 valence electrons. The number of nitrogens with zero attached hydrogens (tertiary/aromatic N) is 3. The highest BCUT2D eigenvalue weighted by Gasteiger charge is 2.08. The van der Waals surface area contributed by atoms with Crippen molar-refractivity contribution in [3.8, 4) is 0 Å². The van der Waals surface area contributed by atoms with Gasteiger partial charge in [0.15, 0.2) is 11.5 Å². The molecule has 0 saturated carbocycles. The van der Waals surface area contributed by atoms with Crippen molar-refractivity contribution in [1.29, 1.82) is 0 Å². The van der Waals surface area contributed by atoms with Gasteiger partial charge >= 0.3 is 0 Å². The lowest BCUT2D eigenvalue weighted by molar-refractivity contribution is 1.06. The fourth-order valence-corrected chi connectivity index (χ4v) is 3.22. The fourth-order valence-electron chi connectivity index (χ4n) is 2.22. The standard InChI is InChI=1S/C15H19N5S/c1-4-16-13-9-20-6-5-17-15(20)14(19-13)18-8-12-7-10(2)11(3)21-12/h5-7,9,16H,4,8H2,1-3H3,(H,18,19). The highest BCUT2D eigenvalue weighted by molar-refractivity contribution is 7.12. The summed E-state index contributed by atoms with van der Waals surface area (Å²) in [6.07, 6.45) is 5.68. The molecule has 0 aliphatic heterocycles. The molecule has 0 bridgehead atoms. The van der Waals surface area contributed by atoms with Gasteiger partial charge < -0.3 is 15.0 Å². The van der Waals surface area contributed by atoms with Crippen molar-refractivity contribution in [3.63, 3.8) is 0 Å². The third-order valence-electron chi connectivity index (χ3n) is 3.38. The number of hydrogen-bond acceptors (Lipinski definition) is 5. The number of aromatic nitrogens is 3. The number of fused-ring (bicyclic) bond motifs is 1. The topological polar surface area (TPSA) is 54.2 Å². The normalized spacial score (nSPS) is 11.0. The third kappa shape index (κ3) is 2.85. The van der Waals surface area contributed by atoms with Crippen LogP contribution in [0.4, 0.5) is 11.6 Å². The molecule has 0 atom stereocenters. The quantitative estimate of drug-likeness (QED) is 0.758. The van der Waals surface area contributed by atoms with Gasteiger partial charge in [0, 0.05) is 28.7 Å². The molecular weight excluding hydrogens is 282 g/mol. The average Bonchev–Trinajstić information content (AvgIpc) is 3.04. The van der Waals surface area contributed by atoms with Gasteiger partial charge in [-0.1, -0.05) is 0 Å². The summed E-state index contributed by atoms with van der Waals surface area (Å²) in [6, 6.07) is 2.23. The van der Waals surface area contributed by atoms with E-state index in [2.05, 4.69) is 47.4 Å². The van der Waals surface area contributed by atoms with Gasteiger partial charge in [0.05, 0.1) is 12.7 Å². The number of anilines is 2. The molecule has 0 amide bonds. The molecule has 0 unspecified atom stereocenters. The number of thiophene rings is 1. The number of imidazole rings is 1. The number of aryl methyl sites for hydroxylation is 2. The van der Waals surface area contributed by atoms with Crippen LogP contribution in [0.2, 0.25) is 0 Å². The predicted octanol–water partition coefficient (Wildman–Crippen LogP) is 3.45. The number of nitrogens with one attached hydrogen (secondary N) is 2. The molecule has 0 aliphatic carbocycles. The zero-order chi connectivity index (χ0) is 14.8. The second-order valence-electron chi connectivity index (χ2n) is 4.97. The van der Waals surface area contributed by atoms with Gasteiger partial charge in [-0.05, 0) is 32.4 Å². The maximum absolute atomic E-state index is 4.61. The lowest BCUT2D eigenvalue weighted by Crippen LogP contribution is -2.07. The van der Waals surface area contributed by atoms with Gasteiger partial charge in [0.2, 0.25) is 0 Å². The first kappa shape index (κ1) is 13.9. The Morgan fingerprint density at radius 1 is 1.29 bits per heavy atom. The van der Waals surface area contributed by atoms with Crippen molar-refractivity contribution in [3.05, 3.63) is 40.0 Å². The average molecular weight is 301 g/mol. The molecule has 0 aromatic carbocycles. The van der Waals surface area contributed by atoms with Crippen LogP contribution in [0.5, 0.6) is 0 Å². The molecule has 21 heavy (non-hydrogen) atoms. The monoisotopic (exact) mass is 301 g/mol. The number of rotatable bonds is 5. The van der Waals surface area contributed by atoms with E-state index in [1.807, 2.05) is 28.1 Å². The van der Waals surface area contributed by atoms with Crippen molar-refractivity contribution in [2.24, 2.45) is 0 Å². The molecule has 0 saturated heterocycles. The molecule has 3 aromatic rings. The lowest BCUT2D eigenvalue weighted by atomic mass is 10.3. The van der Waals surface area contributed by atoms with Crippen molar-refractivity contribution in [1.82, 2.24) is 14.4 Å². The molecular formula is C15H19N5S. The van der Waals surface area contributed by atoms with Gasteiger partial charge in [0.1, 0.15) is 5.82 Å². The lowest BCUT2D eigenvalue weighted by Gasteiger charge is -2.09. The largest absolute Gasteiger partial charge is 0.369 e. The van der Waals surface area contributed by atoms with E-state index in [4.69, 9.17) is 0 Å². The van der Waals surface area contributed by atoms with Crippen LogP contribution in [-0.4, -0.2) is 20.9 Å². The summed E-state index contributed by atoms with van der Waals surface area (Å²) < 4.78 is 1.98. The summed E-state index contributed by atoms with van der Waals surface area (Å²) in [5.41, 5.74) is 2.19. The van der Waals surface area contributed by atoms with Crippen LogP contribution in [-0.2, 0) is 6.54 Å². The van der Waals surface area contributed by atoms with Gasteiger partial charge in [0.25, 0.3) is 0 Å². The van der Waals surface area contributed by atoms with Crippen LogP contribution in [0.25, 0.3) is 5.65 Å². The maximum Gasteiger partial charge on any atom is 0.180 e. The summed E-state index contributed by atoms with van der Waals surface area (Å²) in [5.74, 6) is 1.66. The van der Waals surface area contributed by atoms with E-state index in [9.17, 15) is 0 Å². The second kappa shape index (κ2) is 5.73. The van der Waals surface area contributed by atoms with Crippen LogP contribution >= 0.6 is 11.3 Å². The van der Waals surface area contributed by atoms with E-state index in [1.54, 1.807) is 6.20 Å². The Bertz CT molecular complexity index is 739. The van der Waals surface area contributed by atoms with E-state index < -0.39 is 0 Å². The van der Waals surface area contributed by atoms with E-state index >= 15 is 0 Å². The minimum absolute atomic E-state index is 0.768. The van der Waals surface area contributed by atoms with Crippen molar-refractivity contribution < 1.29 is 0 Å². The van der Waals surface area contributed by atoms with Gasteiger partial charge in [-0.25, -0.2) is 9.97 Å². The summed E-state index contributed by atoms with van der Waals surface area (Å²) in [7, 11) is 0. The van der Waals surface area contributed by atoms with Crippen LogP contribution < -0.4 is 10.6 Å². The molecule has 0 radical (unpaired) electrons. The van der Waals surface area contributed by atoms with Crippen molar-refractivity contribution in [2.75, 3.05) is 17.2 Å². The Labute approximate surface area is 128 Å². The highest BCUT2D eigenvalue weighted by Crippen LogP contribution is 2.23. The van der Waals surface area contributed by atoms with E-state index in [0.717, 1.165) is 30.4 Å². The molecule has 2 N–H and O–H groups in total. The second-order valence-corrected chi connectivity index (χ2v) is 6.31. The Kier molecular flexibility index (Phi) is 3.79. The first-order valence-corrected chi connectivity index (χ1v) is 7.86. The van der Waals surface area contributed by atoms with Gasteiger partial charge in [-0.3, -0.25) is 0 Å². The Morgan fingerprint density at radius 2 is 2.14 bits per heavy atom. The number of hydrogen-bond donors (Lipinski definition) is 2. The predicted molar refractivity (Wildman–Crippen MR) is 88.3 cm³/mol. The van der Waals surface area contributed by atoms with Crippen molar-refractivity contribution >= 4 is 28.6 Å². The summed E-state index contributed by atoms with van der Waals surface area (Å²) >= 11 is 1.82. The minimum Gasteiger partial charge on any atom is -0.369 e. The van der Waals surface area contributed by atoms with Crippen LogP contribution in [0.3, 0.4) is 0 Å². The van der Waals surface area contributed by atoms with Crippen LogP contribution in [0.1, 0.15) is 22.2 Å². The zero-order valence-corrected chi connectivity index (χ0v) is 13.3. The van der Waals surface area contributed by atoms with Gasteiger partial charge in [-0.15, -0.1) is 11.3 Å². The maximum atomic E-state index is 4.61. The molecule has 6 heteroatoms. The molecule has 5 nitrogen and oxygen atoms in total. The molecule has 3 aromatic heterocycles. The summed E-state index contributed by atoms with van der Waals surface area (Å²) in [6.45, 7) is 7.97. The molecule has 3 rings (SSSR count). The van der Waals surface area contributed by atoms with Crippen molar-refractivity contribution in [2.45, 2.75) is 27.3 Å². The first-order valence-electron chi connectivity index (χ1n) is 7.04. The molecule has 0 fully saturated rings. The summed E-state index contributed by atoms with van der Waals surface area (Å²) in [4.78, 5) is 11.7. The zero-order valence-electron chi connectivity index (χ0n) is 12.5. The van der Waals surface area contributed by atoms with E-state index in [1.165, 1.54) is 15.3 Å². The van der Waals surface area contributed by atoms with Crippen LogP contribution in [0.15, 0.2) is 24.7 Å². The Morgan fingerprint density at radius 3 is 2.86 bits per heavy atom. The highest BCUT2D eigenvalue weighted by atomic mass is 32.1. The molecule has 0 aliphatic rings. The van der Waals surface area contributed by atoms with Crippen LogP contribution in [0, 0.1) is 13.8 Å². The fraction of sp³-hybridized carbons (Fsp3) is 0.333. The smallest absolute Gasteiger partial charge is 0.180 e.